The molecule has 3 heterocycles. The number of carbonyl (C=O) groups is 1. The first kappa shape index (κ1) is 20.8. The molecule has 0 saturated carbocycles. The zero-order valence-electron chi connectivity index (χ0n) is 18.0. The quantitative estimate of drug-likeness (QED) is 0.341. The lowest BCUT2D eigenvalue weighted by Gasteiger charge is -2.29. The van der Waals surface area contributed by atoms with Crippen LogP contribution < -0.4 is 5.32 Å². The standard InChI is InChI=1S/C25H19ClN6OS/c26-22-19-13-27-30-20(19)8-9-21(22)28-25-29-23(31-34-25)16-6-3-7-17(12-16)24(33)32-11-10-15-4-1-2-5-18(15)14-32/h1-9,12-13H,10-11,14H2,(H,27,30)(H,28,29,31). The molecule has 2 N–H and O–H groups in total. The number of rotatable bonds is 4. The highest BCUT2D eigenvalue weighted by atomic mass is 35.5. The maximum atomic E-state index is 13.2. The molecule has 1 amide bonds. The molecule has 5 aromatic rings. The Labute approximate surface area is 204 Å². The summed E-state index contributed by atoms with van der Waals surface area (Å²) in [4.78, 5) is 19.7. The molecular weight excluding hydrogens is 468 g/mol. The van der Waals surface area contributed by atoms with Crippen LogP contribution in [-0.2, 0) is 13.0 Å². The molecule has 1 aliphatic heterocycles. The summed E-state index contributed by atoms with van der Waals surface area (Å²) < 4.78 is 4.49. The van der Waals surface area contributed by atoms with Crippen molar-refractivity contribution in [2.45, 2.75) is 13.0 Å². The first-order chi connectivity index (χ1) is 16.7. The first-order valence-corrected chi connectivity index (χ1v) is 12.0. The van der Waals surface area contributed by atoms with Crippen LogP contribution >= 0.6 is 23.1 Å². The third kappa shape index (κ3) is 3.81. The highest BCUT2D eigenvalue weighted by Gasteiger charge is 2.22. The predicted octanol–water partition coefficient (Wildman–Crippen LogP) is 5.68. The lowest BCUT2D eigenvalue weighted by molar-refractivity contribution is 0.0735. The number of nitrogens with one attached hydrogen (secondary N) is 2. The fraction of sp³-hybridized carbons (Fsp3) is 0.120. The summed E-state index contributed by atoms with van der Waals surface area (Å²) in [6.07, 6.45) is 2.56. The van der Waals surface area contributed by atoms with Gasteiger partial charge in [-0.15, -0.1) is 0 Å². The minimum Gasteiger partial charge on any atom is -0.334 e. The number of anilines is 2. The van der Waals surface area contributed by atoms with Crippen molar-refractivity contribution in [1.82, 2.24) is 24.5 Å². The van der Waals surface area contributed by atoms with E-state index in [9.17, 15) is 4.79 Å². The van der Waals surface area contributed by atoms with Crippen LogP contribution in [0, 0.1) is 0 Å². The number of H-pyrrole nitrogens is 1. The zero-order chi connectivity index (χ0) is 23.1. The van der Waals surface area contributed by atoms with E-state index < -0.39 is 0 Å². The molecule has 3 aromatic carbocycles. The number of carbonyl (C=O) groups excluding carboxylic acids is 1. The fourth-order valence-corrected chi connectivity index (χ4v) is 5.09. The first-order valence-electron chi connectivity index (χ1n) is 10.8. The molecule has 0 unspecified atom stereocenters. The number of aromatic nitrogens is 4. The van der Waals surface area contributed by atoms with Crippen molar-refractivity contribution in [1.29, 1.82) is 0 Å². The van der Waals surface area contributed by atoms with Crippen molar-refractivity contribution in [2.75, 3.05) is 11.9 Å². The normalized spacial score (nSPS) is 13.1. The van der Waals surface area contributed by atoms with Gasteiger partial charge in [0.25, 0.3) is 5.91 Å². The number of fused-ring (bicyclic) bond motifs is 2. The molecule has 0 saturated heterocycles. The van der Waals surface area contributed by atoms with Gasteiger partial charge < -0.3 is 10.2 Å². The van der Waals surface area contributed by atoms with Crippen molar-refractivity contribution in [3.8, 4) is 11.4 Å². The van der Waals surface area contributed by atoms with Gasteiger partial charge >= 0.3 is 0 Å². The Morgan fingerprint density at radius 3 is 2.88 bits per heavy atom. The Kier molecular flexibility index (Phi) is 5.24. The molecule has 6 rings (SSSR count). The van der Waals surface area contributed by atoms with Gasteiger partial charge in [-0.2, -0.15) is 14.5 Å². The number of halogens is 1. The SMILES string of the molecule is O=C(c1cccc(-c2nsc(Nc3ccc4[nH]ncc4c3Cl)n2)c1)N1CCc2ccccc2C1. The third-order valence-corrected chi connectivity index (χ3v) is 7.05. The van der Waals surface area contributed by atoms with E-state index in [4.69, 9.17) is 11.6 Å². The summed E-state index contributed by atoms with van der Waals surface area (Å²) in [5, 5.41) is 12.2. The van der Waals surface area contributed by atoms with E-state index in [1.165, 1.54) is 22.7 Å². The van der Waals surface area contributed by atoms with Crippen LogP contribution in [0.2, 0.25) is 5.02 Å². The van der Waals surface area contributed by atoms with Gasteiger partial charge in [0.2, 0.25) is 5.13 Å². The Bertz CT molecular complexity index is 1530. The van der Waals surface area contributed by atoms with E-state index in [0.29, 0.717) is 34.6 Å². The van der Waals surface area contributed by atoms with Gasteiger partial charge in [0.15, 0.2) is 5.82 Å². The molecule has 9 heteroatoms. The van der Waals surface area contributed by atoms with Crippen LogP contribution in [0.25, 0.3) is 22.3 Å². The third-order valence-electron chi connectivity index (χ3n) is 6.01. The highest BCUT2D eigenvalue weighted by Crippen LogP contribution is 2.33. The van der Waals surface area contributed by atoms with Crippen molar-refractivity contribution in [3.63, 3.8) is 0 Å². The largest absolute Gasteiger partial charge is 0.334 e. The van der Waals surface area contributed by atoms with Crippen LogP contribution in [0.5, 0.6) is 0 Å². The van der Waals surface area contributed by atoms with Gasteiger partial charge in [-0.05, 0) is 41.8 Å². The second-order valence-corrected chi connectivity index (χ2v) is 9.26. The van der Waals surface area contributed by atoms with Gasteiger partial charge in [-0.25, -0.2) is 0 Å². The van der Waals surface area contributed by atoms with E-state index in [-0.39, 0.29) is 5.91 Å². The van der Waals surface area contributed by atoms with E-state index in [1.807, 2.05) is 53.4 Å². The molecule has 0 bridgehead atoms. The molecule has 0 aliphatic carbocycles. The summed E-state index contributed by atoms with van der Waals surface area (Å²) in [5.74, 6) is 0.580. The van der Waals surface area contributed by atoms with Crippen molar-refractivity contribution >= 4 is 50.8 Å². The zero-order valence-corrected chi connectivity index (χ0v) is 19.5. The molecule has 2 aromatic heterocycles. The number of amides is 1. The van der Waals surface area contributed by atoms with E-state index in [2.05, 4.69) is 37.0 Å². The van der Waals surface area contributed by atoms with Gasteiger partial charge in [-0.3, -0.25) is 9.89 Å². The molecule has 0 atom stereocenters. The monoisotopic (exact) mass is 486 g/mol. The van der Waals surface area contributed by atoms with Crippen molar-refractivity contribution < 1.29 is 4.79 Å². The Morgan fingerprint density at radius 2 is 1.97 bits per heavy atom. The molecule has 0 spiro atoms. The van der Waals surface area contributed by atoms with Gasteiger partial charge in [-0.1, -0.05) is 48.0 Å². The van der Waals surface area contributed by atoms with Crippen LogP contribution in [-0.4, -0.2) is 36.9 Å². The average molecular weight is 487 g/mol. The van der Waals surface area contributed by atoms with Crippen molar-refractivity contribution in [3.05, 3.63) is 88.6 Å². The predicted molar refractivity (Wildman–Crippen MR) is 135 cm³/mol. The lowest BCUT2D eigenvalue weighted by atomic mass is 9.99. The lowest BCUT2D eigenvalue weighted by Crippen LogP contribution is -2.35. The molecular formula is C25H19ClN6OS. The van der Waals surface area contributed by atoms with Gasteiger partial charge in [0.05, 0.1) is 22.4 Å². The maximum Gasteiger partial charge on any atom is 0.254 e. The van der Waals surface area contributed by atoms with Crippen LogP contribution in [0.3, 0.4) is 0 Å². The number of nitrogens with zero attached hydrogens (tertiary/aromatic N) is 4. The van der Waals surface area contributed by atoms with E-state index >= 15 is 0 Å². The van der Waals surface area contributed by atoms with E-state index in [0.717, 1.165) is 28.6 Å². The van der Waals surface area contributed by atoms with Crippen LogP contribution in [0.15, 0.2) is 66.9 Å². The summed E-state index contributed by atoms with van der Waals surface area (Å²) in [7, 11) is 0. The average Bonchev–Trinajstić information content (AvgIpc) is 3.55. The minimum atomic E-state index is 0.0186. The summed E-state index contributed by atoms with van der Waals surface area (Å²) in [6.45, 7) is 1.34. The van der Waals surface area contributed by atoms with Crippen molar-refractivity contribution in [2.24, 2.45) is 0 Å². The fourth-order valence-electron chi connectivity index (χ4n) is 4.23. The molecule has 0 fully saturated rings. The topological polar surface area (TPSA) is 86.8 Å². The number of hydrogen-bond acceptors (Lipinski definition) is 6. The summed E-state index contributed by atoms with van der Waals surface area (Å²) in [6, 6.07) is 19.6. The minimum absolute atomic E-state index is 0.0186. The summed E-state index contributed by atoms with van der Waals surface area (Å²) in [5.41, 5.74) is 5.56. The Morgan fingerprint density at radius 1 is 1.09 bits per heavy atom. The molecule has 0 radical (unpaired) electrons. The smallest absolute Gasteiger partial charge is 0.254 e. The van der Waals surface area contributed by atoms with Gasteiger partial charge in [0, 0.05) is 41.1 Å². The second kappa shape index (κ2) is 8.55. The van der Waals surface area contributed by atoms with Gasteiger partial charge in [0.1, 0.15) is 0 Å². The summed E-state index contributed by atoms with van der Waals surface area (Å²) >= 11 is 7.75. The molecule has 7 nitrogen and oxygen atoms in total. The maximum absolute atomic E-state index is 13.2. The number of benzene rings is 3. The number of aromatic amines is 1. The molecule has 34 heavy (non-hydrogen) atoms. The molecule has 168 valence electrons. The number of hydrogen-bond donors (Lipinski definition) is 2. The Hall–Kier alpha value is -3.75. The highest BCUT2D eigenvalue weighted by molar-refractivity contribution is 7.10. The molecule has 1 aliphatic rings. The second-order valence-electron chi connectivity index (χ2n) is 8.13. The van der Waals surface area contributed by atoms with Crippen LogP contribution in [0.1, 0.15) is 21.5 Å². The van der Waals surface area contributed by atoms with Crippen LogP contribution in [0.4, 0.5) is 10.8 Å². The Balaban J connectivity index is 1.22. The van der Waals surface area contributed by atoms with E-state index in [1.54, 1.807) is 6.20 Å².